The van der Waals surface area contributed by atoms with Gasteiger partial charge in [-0.05, 0) is 43.1 Å². The highest BCUT2D eigenvalue weighted by atomic mass is 32.1. The van der Waals surface area contributed by atoms with E-state index >= 15 is 0 Å². The quantitative estimate of drug-likeness (QED) is 0.859. The molecule has 0 amide bonds. The molecule has 1 N–H and O–H groups in total. The number of aromatic nitrogens is 3. The molecule has 1 aliphatic rings. The fourth-order valence-corrected chi connectivity index (χ4v) is 2.36. The molecule has 5 heteroatoms. The summed E-state index contributed by atoms with van der Waals surface area (Å²) in [5.41, 5.74) is 1.05. The van der Waals surface area contributed by atoms with E-state index in [0.29, 0.717) is 4.77 Å². The Balaban J connectivity index is 1.98. The monoisotopic (exact) mass is 260 g/mol. The molecule has 1 aromatic heterocycles. The van der Waals surface area contributed by atoms with Crippen molar-refractivity contribution in [3.8, 4) is 5.69 Å². The van der Waals surface area contributed by atoms with Gasteiger partial charge in [0.25, 0.3) is 0 Å². The molecule has 0 atom stereocenters. The minimum atomic E-state index is 0.638. The summed E-state index contributed by atoms with van der Waals surface area (Å²) in [6.45, 7) is 1.05. The van der Waals surface area contributed by atoms with Gasteiger partial charge in [0.15, 0.2) is 0 Å². The third kappa shape index (κ3) is 2.18. The van der Waals surface area contributed by atoms with Crippen molar-refractivity contribution in [1.29, 1.82) is 0 Å². The van der Waals surface area contributed by atoms with Crippen molar-refractivity contribution in [2.24, 2.45) is 5.92 Å². The lowest BCUT2D eigenvalue weighted by Crippen LogP contribution is -2.23. The molecule has 0 unspecified atom stereocenters. The number of nitrogens with zero attached hydrogens (tertiary/aromatic N) is 3. The molecule has 4 nitrogen and oxygen atoms in total. The largest absolute Gasteiger partial charge is 0.343 e. The van der Waals surface area contributed by atoms with Crippen molar-refractivity contribution in [2.45, 2.75) is 12.8 Å². The van der Waals surface area contributed by atoms with E-state index < -0.39 is 0 Å². The maximum absolute atomic E-state index is 5.32. The van der Waals surface area contributed by atoms with Gasteiger partial charge in [-0.15, -0.1) is 5.10 Å². The summed E-state index contributed by atoms with van der Waals surface area (Å²) in [5, 5.41) is 7.23. The molecule has 18 heavy (non-hydrogen) atoms. The predicted molar refractivity (Wildman–Crippen MR) is 74.7 cm³/mol. The Morgan fingerprint density at radius 2 is 2.11 bits per heavy atom. The number of benzene rings is 1. The summed E-state index contributed by atoms with van der Waals surface area (Å²) >= 11 is 5.32. The van der Waals surface area contributed by atoms with Gasteiger partial charge < -0.3 is 4.90 Å². The Bertz CT molecular complexity index is 583. The fourth-order valence-electron chi connectivity index (χ4n) is 2.12. The lowest BCUT2D eigenvalue weighted by Gasteiger charge is -2.18. The second-order valence-electron chi connectivity index (χ2n) is 4.82. The van der Waals surface area contributed by atoms with Crippen molar-refractivity contribution in [1.82, 2.24) is 14.8 Å². The fraction of sp³-hybridized carbons (Fsp3) is 0.385. The molecule has 94 valence electrons. The summed E-state index contributed by atoms with van der Waals surface area (Å²) in [6.07, 6.45) is 2.67. The molecule has 0 saturated heterocycles. The van der Waals surface area contributed by atoms with Crippen LogP contribution in [0.15, 0.2) is 30.3 Å². The Labute approximate surface area is 111 Å². The van der Waals surface area contributed by atoms with Gasteiger partial charge in [-0.25, -0.2) is 5.10 Å². The van der Waals surface area contributed by atoms with Crippen LogP contribution in [-0.2, 0) is 0 Å². The molecule has 0 aliphatic heterocycles. The van der Waals surface area contributed by atoms with Crippen LogP contribution < -0.4 is 4.90 Å². The highest BCUT2D eigenvalue weighted by Crippen LogP contribution is 2.30. The van der Waals surface area contributed by atoms with Crippen LogP contribution in [0.1, 0.15) is 12.8 Å². The third-order valence-corrected chi connectivity index (χ3v) is 3.51. The minimum absolute atomic E-state index is 0.638. The van der Waals surface area contributed by atoms with E-state index in [1.54, 1.807) is 0 Å². The smallest absolute Gasteiger partial charge is 0.230 e. The molecule has 1 fully saturated rings. The maximum atomic E-state index is 5.32. The first-order chi connectivity index (χ1) is 8.75. The van der Waals surface area contributed by atoms with Crippen LogP contribution in [-0.4, -0.2) is 28.4 Å². The maximum Gasteiger partial charge on any atom is 0.230 e. The van der Waals surface area contributed by atoms with Gasteiger partial charge in [0.05, 0.1) is 5.69 Å². The lowest BCUT2D eigenvalue weighted by molar-refractivity contribution is 0.754. The van der Waals surface area contributed by atoms with Gasteiger partial charge in [0, 0.05) is 13.6 Å². The summed E-state index contributed by atoms with van der Waals surface area (Å²) in [4.78, 5) is 2.18. The first kappa shape index (κ1) is 11.5. The van der Waals surface area contributed by atoms with E-state index in [4.69, 9.17) is 12.2 Å². The number of para-hydroxylation sites is 1. The first-order valence-corrected chi connectivity index (χ1v) is 6.60. The van der Waals surface area contributed by atoms with Crippen molar-refractivity contribution >= 4 is 18.2 Å². The van der Waals surface area contributed by atoms with Crippen LogP contribution in [0.25, 0.3) is 5.69 Å². The molecule has 1 heterocycles. The van der Waals surface area contributed by atoms with E-state index in [1.807, 2.05) is 34.9 Å². The van der Waals surface area contributed by atoms with E-state index in [1.165, 1.54) is 12.8 Å². The first-order valence-electron chi connectivity index (χ1n) is 6.19. The summed E-state index contributed by atoms with van der Waals surface area (Å²) in [7, 11) is 2.07. The van der Waals surface area contributed by atoms with E-state index in [0.717, 1.165) is 24.1 Å². The van der Waals surface area contributed by atoms with Crippen LogP contribution in [0, 0.1) is 10.7 Å². The average molecular weight is 260 g/mol. The topological polar surface area (TPSA) is 36.9 Å². The van der Waals surface area contributed by atoms with E-state index in [-0.39, 0.29) is 0 Å². The van der Waals surface area contributed by atoms with Crippen LogP contribution in [0.2, 0.25) is 0 Å². The van der Waals surface area contributed by atoms with Crippen LogP contribution in [0.5, 0.6) is 0 Å². The Kier molecular flexibility index (Phi) is 2.91. The van der Waals surface area contributed by atoms with E-state index in [2.05, 4.69) is 22.1 Å². The predicted octanol–water partition coefficient (Wildman–Crippen LogP) is 2.78. The van der Waals surface area contributed by atoms with Gasteiger partial charge in [-0.2, -0.15) is 0 Å². The van der Waals surface area contributed by atoms with Crippen LogP contribution >= 0.6 is 12.2 Å². The van der Waals surface area contributed by atoms with Gasteiger partial charge >= 0.3 is 0 Å². The highest BCUT2D eigenvalue weighted by molar-refractivity contribution is 7.71. The molecule has 0 bridgehead atoms. The molecule has 1 saturated carbocycles. The van der Waals surface area contributed by atoms with Gasteiger partial charge in [-0.3, -0.25) is 4.57 Å². The molecular weight excluding hydrogens is 244 g/mol. The Morgan fingerprint density at radius 1 is 1.39 bits per heavy atom. The van der Waals surface area contributed by atoms with Crippen molar-refractivity contribution in [3.63, 3.8) is 0 Å². The zero-order valence-corrected chi connectivity index (χ0v) is 11.2. The molecule has 1 aromatic carbocycles. The number of hydrogen-bond donors (Lipinski definition) is 1. The van der Waals surface area contributed by atoms with Crippen molar-refractivity contribution in [3.05, 3.63) is 35.1 Å². The SMILES string of the molecule is CN(CC1CC1)c1n[nH]c(=S)n1-c1ccccc1. The Morgan fingerprint density at radius 3 is 2.78 bits per heavy atom. The number of anilines is 1. The van der Waals surface area contributed by atoms with Gasteiger partial charge in [-0.1, -0.05) is 18.2 Å². The number of aromatic amines is 1. The molecule has 0 spiro atoms. The number of rotatable bonds is 4. The normalized spacial score (nSPS) is 14.7. The Hall–Kier alpha value is -1.62. The number of H-pyrrole nitrogens is 1. The molecule has 1 aliphatic carbocycles. The standard InChI is InChI=1S/C13H16N4S/c1-16(9-10-7-8-10)12-14-15-13(18)17(12)11-5-3-2-4-6-11/h2-6,10H,7-9H2,1H3,(H,15,18). The zero-order valence-electron chi connectivity index (χ0n) is 10.3. The zero-order chi connectivity index (χ0) is 12.5. The second kappa shape index (κ2) is 4.57. The second-order valence-corrected chi connectivity index (χ2v) is 5.21. The third-order valence-electron chi connectivity index (χ3n) is 3.24. The van der Waals surface area contributed by atoms with E-state index in [9.17, 15) is 0 Å². The molecule has 2 aromatic rings. The van der Waals surface area contributed by atoms with Gasteiger partial charge in [0.1, 0.15) is 0 Å². The molecule has 3 rings (SSSR count). The van der Waals surface area contributed by atoms with Crippen LogP contribution in [0.3, 0.4) is 0 Å². The summed E-state index contributed by atoms with van der Waals surface area (Å²) in [6, 6.07) is 10.1. The number of hydrogen-bond acceptors (Lipinski definition) is 3. The van der Waals surface area contributed by atoms with Crippen molar-refractivity contribution in [2.75, 3.05) is 18.5 Å². The lowest BCUT2D eigenvalue weighted by atomic mass is 10.3. The highest BCUT2D eigenvalue weighted by Gasteiger charge is 2.25. The minimum Gasteiger partial charge on any atom is -0.343 e. The molecule has 0 radical (unpaired) electrons. The molecular formula is C13H16N4S. The van der Waals surface area contributed by atoms with Crippen molar-refractivity contribution < 1.29 is 0 Å². The average Bonchev–Trinajstić information content (AvgIpc) is 3.11. The summed E-state index contributed by atoms with van der Waals surface area (Å²) in [5.74, 6) is 1.71. The summed E-state index contributed by atoms with van der Waals surface area (Å²) < 4.78 is 2.62. The van der Waals surface area contributed by atoms with Crippen LogP contribution in [0.4, 0.5) is 5.95 Å². The van der Waals surface area contributed by atoms with Gasteiger partial charge in [0.2, 0.25) is 10.7 Å². The number of nitrogens with one attached hydrogen (secondary N) is 1.